The van der Waals surface area contributed by atoms with Crippen molar-refractivity contribution in [2.45, 2.75) is 52.2 Å². The average Bonchev–Trinajstić information content (AvgIpc) is 2.26. The monoisotopic (exact) mass is 242 g/mol. The topological polar surface area (TPSA) is 66.6 Å². The summed E-state index contributed by atoms with van der Waals surface area (Å²) in [6.45, 7) is 7.33. The second kappa shape index (κ2) is 6.36. The number of aliphatic hydroxyl groups excluding tert-OH is 1. The van der Waals surface area contributed by atoms with Gasteiger partial charge in [0.05, 0.1) is 6.10 Å². The van der Waals surface area contributed by atoms with Gasteiger partial charge in [-0.25, -0.2) is 0 Å². The van der Waals surface area contributed by atoms with Crippen LogP contribution in [-0.2, 0) is 4.79 Å². The van der Waals surface area contributed by atoms with Crippen molar-refractivity contribution in [1.82, 2.24) is 4.90 Å². The van der Waals surface area contributed by atoms with Gasteiger partial charge in [0, 0.05) is 25.6 Å². The Balaban J connectivity index is 2.53. The molecule has 1 rings (SSSR count). The third-order valence-corrected chi connectivity index (χ3v) is 3.57. The second-order valence-corrected chi connectivity index (χ2v) is 5.56. The van der Waals surface area contributed by atoms with Gasteiger partial charge in [0.25, 0.3) is 0 Å². The molecule has 0 aromatic rings. The summed E-state index contributed by atoms with van der Waals surface area (Å²) in [5.41, 5.74) is 5.98. The minimum Gasteiger partial charge on any atom is -0.393 e. The maximum atomic E-state index is 11.7. The fraction of sp³-hybridized carbons (Fsp3) is 0.923. The Morgan fingerprint density at radius 2 is 2.12 bits per heavy atom. The number of likely N-dealkylation sites (tertiary alicyclic amines) is 1. The van der Waals surface area contributed by atoms with Crippen molar-refractivity contribution in [2.24, 2.45) is 17.6 Å². The SMILES string of the molecule is CCC(=O)N1CC(N)CC(CC(O)C(C)C)C1. The van der Waals surface area contributed by atoms with Crippen LogP contribution in [0.3, 0.4) is 0 Å². The number of hydrogen-bond donors (Lipinski definition) is 2. The number of carbonyl (C=O) groups excluding carboxylic acids is 1. The van der Waals surface area contributed by atoms with Gasteiger partial charge in [-0.3, -0.25) is 4.79 Å². The Hall–Kier alpha value is -0.610. The lowest BCUT2D eigenvalue weighted by atomic mass is 9.87. The van der Waals surface area contributed by atoms with Gasteiger partial charge in [-0.1, -0.05) is 20.8 Å². The number of rotatable bonds is 4. The molecule has 17 heavy (non-hydrogen) atoms. The van der Waals surface area contributed by atoms with E-state index in [1.54, 1.807) is 0 Å². The van der Waals surface area contributed by atoms with E-state index in [2.05, 4.69) is 0 Å². The van der Waals surface area contributed by atoms with E-state index in [4.69, 9.17) is 5.73 Å². The summed E-state index contributed by atoms with van der Waals surface area (Å²) in [6, 6.07) is 0.0589. The fourth-order valence-corrected chi connectivity index (χ4v) is 2.46. The van der Waals surface area contributed by atoms with Gasteiger partial charge >= 0.3 is 0 Å². The molecule has 100 valence electrons. The maximum Gasteiger partial charge on any atom is 0.222 e. The zero-order valence-electron chi connectivity index (χ0n) is 11.2. The van der Waals surface area contributed by atoms with E-state index in [0.29, 0.717) is 18.9 Å². The molecule has 3 N–H and O–H groups in total. The van der Waals surface area contributed by atoms with E-state index < -0.39 is 0 Å². The van der Waals surface area contributed by atoms with E-state index in [0.717, 1.165) is 19.4 Å². The van der Waals surface area contributed by atoms with E-state index >= 15 is 0 Å². The second-order valence-electron chi connectivity index (χ2n) is 5.56. The zero-order valence-corrected chi connectivity index (χ0v) is 11.2. The lowest BCUT2D eigenvalue weighted by Gasteiger charge is -2.37. The molecular weight excluding hydrogens is 216 g/mol. The highest BCUT2D eigenvalue weighted by Gasteiger charge is 2.29. The maximum absolute atomic E-state index is 11.7. The normalized spacial score (nSPS) is 27.3. The molecule has 1 fully saturated rings. The number of nitrogens with zero attached hydrogens (tertiary/aromatic N) is 1. The van der Waals surface area contributed by atoms with Crippen molar-refractivity contribution in [1.29, 1.82) is 0 Å². The number of amides is 1. The summed E-state index contributed by atoms with van der Waals surface area (Å²) in [5, 5.41) is 9.90. The van der Waals surface area contributed by atoms with Crippen LogP contribution < -0.4 is 5.73 Å². The summed E-state index contributed by atoms with van der Waals surface area (Å²) in [4.78, 5) is 13.5. The highest BCUT2D eigenvalue weighted by Crippen LogP contribution is 2.23. The number of hydrogen-bond acceptors (Lipinski definition) is 3. The molecule has 0 aromatic heterocycles. The highest BCUT2D eigenvalue weighted by molar-refractivity contribution is 5.76. The molecule has 0 aromatic carbocycles. The van der Waals surface area contributed by atoms with E-state index in [-0.39, 0.29) is 24.0 Å². The van der Waals surface area contributed by atoms with Crippen molar-refractivity contribution >= 4 is 5.91 Å². The minimum absolute atomic E-state index is 0.0589. The molecule has 4 heteroatoms. The van der Waals surface area contributed by atoms with Crippen molar-refractivity contribution in [3.05, 3.63) is 0 Å². The summed E-state index contributed by atoms with van der Waals surface area (Å²) in [7, 11) is 0. The molecule has 3 unspecified atom stereocenters. The number of aliphatic hydroxyl groups is 1. The number of piperidine rings is 1. The molecular formula is C13H26N2O2. The van der Waals surface area contributed by atoms with Gasteiger partial charge in [0.1, 0.15) is 0 Å². The molecule has 0 radical (unpaired) electrons. The highest BCUT2D eigenvalue weighted by atomic mass is 16.3. The summed E-state index contributed by atoms with van der Waals surface area (Å²) >= 11 is 0. The molecule has 0 spiro atoms. The predicted octanol–water partition coefficient (Wildman–Crippen LogP) is 0.979. The van der Waals surface area contributed by atoms with Crippen molar-refractivity contribution in [3.63, 3.8) is 0 Å². The molecule has 1 aliphatic rings. The Labute approximate surface area is 104 Å². The Morgan fingerprint density at radius 3 is 2.65 bits per heavy atom. The summed E-state index contributed by atoms with van der Waals surface area (Å²) in [6.07, 6.45) is 1.91. The molecule has 0 aliphatic carbocycles. The van der Waals surface area contributed by atoms with Crippen LogP contribution in [-0.4, -0.2) is 41.1 Å². The van der Waals surface area contributed by atoms with E-state index in [9.17, 15) is 9.90 Å². The molecule has 0 bridgehead atoms. The number of nitrogens with two attached hydrogens (primary N) is 1. The Morgan fingerprint density at radius 1 is 1.47 bits per heavy atom. The van der Waals surface area contributed by atoms with Gasteiger partial charge in [0.15, 0.2) is 0 Å². The first-order valence-electron chi connectivity index (χ1n) is 6.65. The first-order valence-corrected chi connectivity index (χ1v) is 6.65. The first kappa shape index (κ1) is 14.5. The minimum atomic E-state index is -0.288. The molecule has 1 amide bonds. The molecule has 0 saturated carbocycles. The molecule has 4 nitrogen and oxygen atoms in total. The van der Waals surface area contributed by atoms with Crippen molar-refractivity contribution in [2.75, 3.05) is 13.1 Å². The Bertz CT molecular complexity index is 256. The van der Waals surface area contributed by atoms with Gasteiger partial charge in [-0.05, 0) is 24.7 Å². The quantitative estimate of drug-likeness (QED) is 0.772. The lowest BCUT2D eigenvalue weighted by molar-refractivity contribution is -0.133. The number of carbonyl (C=O) groups is 1. The fourth-order valence-electron chi connectivity index (χ4n) is 2.46. The smallest absolute Gasteiger partial charge is 0.222 e. The van der Waals surface area contributed by atoms with Crippen LogP contribution in [0.1, 0.15) is 40.0 Å². The molecule has 3 atom stereocenters. The van der Waals surface area contributed by atoms with E-state index in [1.807, 2.05) is 25.7 Å². The van der Waals surface area contributed by atoms with Crippen LogP contribution in [0.2, 0.25) is 0 Å². The van der Waals surface area contributed by atoms with E-state index in [1.165, 1.54) is 0 Å². The summed E-state index contributed by atoms with van der Waals surface area (Å²) in [5.74, 6) is 0.777. The van der Waals surface area contributed by atoms with Crippen LogP contribution in [0.4, 0.5) is 0 Å². The standard InChI is InChI=1S/C13H26N2O2/c1-4-13(17)15-7-10(5-11(14)8-15)6-12(16)9(2)3/h9-12,16H,4-8,14H2,1-3H3. The van der Waals surface area contributed by atoms with Crippen molar-refractivity contribution in [3.8, 4) is 0 Å². The molecule has 1 saturated heterocycles. The summed E-state index contributed by atoms with van der Waals surface area (Å²) < 4.78 is 0. The largest absolute Gasteiger partial charge is 0.393 e. The van der Waals surface area contributed by atoms with Crippen LogP contribution in [0, 0.1) is 11.8 Å². The molecule has 1 aliphatic heterocycles. The van der Waals surface area contributed by atoms with Crippen LogP contribution in [0.5, 0.6) is 0 Å². The van der Waals surface area contributed by atoms with Crippen LogP contribution in [0.25, 0.3) is 0 Å². The van der Waals surface area contributed by atoms with Gasteiger partial charge < -0.3 is 15.7 Å². The van der Waals surface area contributed by atoms with Crippen molar-refractivity contribution < 1.29 is 9.90 Å². The van der Waals surface area contributed by atoms with Gasteiger partial charge in [-0.15, -0.1) is 0 Å². The van der Waals surface area contributed by atoms with Gasteiger partial charge in [0.2, 0.25) is 5.91 Å². The third kappa shape index (κ3) is 4.28. The zero-order chi connectivity index (χ0) is 13.0. The average molecular weight is 242 g/mol. The van der Waals surface area contributed by atoms with Crippen LogP contribution >= 0.6 is 0 Å². The first-order chi connectivity index (χ1) is 7.93. The lowest BCUT2D eigenvalue weighted by Crippen LogP contribution is -2.50. The third-order valence-electron chi connectivity index (χ3n) is 3.57. The Kier molecular flexibility index (Phi) is 5.40. The van der Waals surface area contributed by atoms with Gasteiger partial charge in [-0.2, -0.15) is 0 Å². The molecule has 1 heterocycles. The van der Waals surface area contributed by atoms with Crippen LogP contribution in [0.15, 0.2) is 0 Å². The predicted molar refractivity (Wildman–Crippen MR) is 68.4 cm³/mol.